The summed E-state index contributed by atoms with van der Waals surface area (Å²) in [6.45, 7) is 2.95. The number of ether oxygens (including phenoxy) is 2. The third kappa shape index (κ3) is 6.71. The first kappa shape index (κ1) is 23.6. The van der Waals surface area contributed by atoms with E-state index in [1.165, 1.54) is 13.2 Å². The number of amides is 2. The Morgan fingerprint density at radius 3 is 1.82 bits per heavy atom. The van der Waals surface area contributed by atoms with E-state index >= 15 is 0 Å². The molecular formula is C27H28N2O4. The highest BCUT2D eigenvalue weighted by molar-refractivity contribution is 6.21. The van der Waals surface area contributed by atoms with Crippen LogP contribution in [0.3, 0.4) is 0 Å². The number of carbonyl (C=O) groups is 2. The normalized spacial score (nSPS) is 10.1. The zero-order chi connectivity index (χ0) is 23.5. The molecule has 3 rings (SSSR count). The molecule has 0 saturated heterocycles. The highest BCUT2D eigenvalue weighted by Gasteiger charge is 2.20. The number of nitrogens with one attached hydrogen (secondary N) is 2. The largest absolute Gasteiger partial charge is 0.492 e. The zero-order valence-electron chi connectivity index (χ0n) is 18.8. The summed E-state index contributed by atoms with van der Waals surface area (Å²) < 4.78 is 11.1. The first-order chi connectivity index (χ1) is 16.1. The number of methoxy groups -OCH3 is 1. The van der Waals surface area contributed by atoms with Crippen LogP contribution in [0, 0.1) is 0 Å². The van der Waals surface area contributed by atoms with E-state index in [4.69, 9.17) is 9.47 Å². The Morgan fingerprint density at radius 1 is 0.788 bits per heavy atom. The van der Waals surface area contributed by atoms with Gasteiger partial charge < -0.3 is 20.1 Å². The molecule has 2 amide bonds. The second-order valence-electron chi connectivity index (χ2n) is 7.21. The Bertz CT molecular complexity index is 1040. The van der Waals surface area contributed by atoms with Crippen LogP contribution in [-0.4, -0.2) is 25.5 Å². The lowest BCUT2D eigenvalue weighted by Crippen LogP contribution is -2.34. The molecule has 0 atom stereocenters. The van der Waals surface area contributed by atoms with E-state index in [-0.39, 0.29) is 5.57 Å². The fourth-order valence-corrected chi connectivity index (χ4v) is 3.27. The van der Waals surface area contributed by atoms with E-state index in [0.717, 1.165) is 11.1 Å². The number of carbonyl (C=O) groups excluding carboxylic acids is 2. The fourth-order valence-electron chi connectivity index (χ4n) is 3.27. The molecule has 33 heavy (non-hydrogen) atoms. The van der Waals surface area contributed by atoms with Crippen LogP contribution in [0.4, 0.5) is 0 Å². The Labute approximate surface area is 194 Å². The van der Waals surface area contributed by atoms with E-state index < -0.39 is 11.8 Å². The second kappa shape index (κ2) is 12.1. The summed E-state index contributed by atoms with van der Waals surface area (Å²) in [7, 11) is 1.53. The standard InChI is InChI=1S/C27H28N2O4/c1-3-33-24-16-10-15-22(25(24)32-2)17-23(26(30)28-18-20-11-6-4-7-12-20)27(31)29-19-21-13-8-5-9-14-21/h4-17H,3,18-19H2,1-2H3,(H,28,30)(H,29,31). The molecular weight excluding hydrogens is 416 g/mol. The minimum Gasteiger partial charge on any atom is -0.492 e. The molecule has 3 aromatic carbocycles. The smallest absolute Gasteiger partial charge is 0.257 e. The topological polar surface area (TPSA) is 76.7 Å². The van der Waals surface area contributed by atoms with Gasteiger partial charge in [0, 0.05) is 18.7 Å². The molecule has 170 valence electrons. The molecule has 0 saturated carbocycles. The minimum atomic E-state index is -0.478. The van der Waals surface area contributed by atoms with Crippen LogP contribution in [0.15, 0.2) is 84.4 Å². The van der Waals surface area contributed by atoms with Crippen molar-refractivity contribution in [1.29, 1.82) is 0 Å². The summed E-state index contributed by atoms with van der Waals surface area (Å²) in [4.78, 5) is 26.1. The fraction of sp³-hybridized carbons (Fsp3) is 0.185. The van der Waals surface area contributed by atoms with Crippen LogP contribution in [0.2, 0.25) is 0 Å². The molecule has 0 unspecified atom stereocenters. The predicted molar refractivity (Wildman–Crippen MR) is 129 cm³/mol. The zero-order valence-corrected chi connectivity index (χ0v) is 18.8. The molecule has 0 aliphatic heterocycles. The van der Waals surface area contributed by atoms with Crippen molar-refractivity contribution >= 4 is 17.9 Å². The van der Waals surface area contributed by atoms with Crippen molar-refractivity contribution in [3.63, 3.8) is 0 Å². The van der Waals surface area contributed by atoms with Crippen molar-refractivity contribution in [1.82, 2.24) is 10.6 Å². The number of rotatable bonds is 10. The summed E-state index contributed by atoms with van der Waals surface area (Å²) in [5.41, 5.74) is 2.42. The highest BCUT2D eigenvalue weighted by Crippen LogP contribution is 2.32. The molecule has 0 aliphatic carbocycles. The van der Waals surface area contributed by atoms with E-state index in [1.807, 2.05) is 67.6 Å². The first-order valence-electron chi connectivity index (χ1n) is 10.8. The van der Waals surface area contributed by atoms with Crippen LogP contribution in [0.5, 0.6) is 11.5 Å². The number of hydrogen-bond acceptors (Lipinski definition) is 4. The van der Waals surface area contributed by atoms with Crippen LogP contribution in [-0.2, 0) is 22.7 Å². The summed E-state index contributed by atoms with van der Waals surface area (Å²) >= 11 is 0. The van der Waals surface area contributed by atoms with E-state index in [2.05, 4.69) is 10.6 Å². The maximum atomic E-state index is 13.1. The van der Waals surface area contributed by atoms with Crippen molar-refractivity contribution in [2.24, 2.45) is 0 Å². The average molecular weight is 445 g/mol. The number of hydrogen-bond donors (Lipinski definition) is 2. The van der Waals surface area contributed by atoms with Crippen LogP contribution in [0.25, 0.3) is 6.08 Å². The van der Waals surface area contributed by atoms with E-state index in [9.17, 15) is 9.59 Å². The van der Waals surface area contributed by atoms with Crippen LogP contribution in [0.1, 0.15) is 23.6 Å². The van der Waals surface area contributed by atoms with Gasteiger partial charge in [-0.25, -0.2) is 0 Å². The molecule has 0 bridgehead atoms. The molecule has 0 spiro atoms. The third-order valence-electron chi connectivity index (χ3n) is 4.89. The van der Waals surface area contributed by atoms with Gasteiger partial charge in [-0.1, -0.05) is 72.8 Å². The maximum absolute atomic E-state index is 13.1. The molecule has 0 radical (unpaired) electrons. The molecule has 0 heterocycles. The van der Waals surface area contributed by atoms with Crippen molar-refractivity contribution in [3.8, 4) is 11.5 Å². The van der Waals surface area contributed by atoms with Crippen molar-refractivity contribution < 1.29 is 19.1 Å². The molecule has 3 aromatic rings. The predicted octanol–water partition coefficient (Wildman–Crippen LogP) is 4.11. The van der Waals surface area contributed by atoms with Gasteiger partial charge >= 0.3 is 0 Å². The van der Waals surface area contributed by atoms with E-state index in [1.54, 1.807) is 18.2 Å². The van der Waals surface area contributed by atoms with Gasteiger partial charge in [-0.15, -0.1) is 0 Å². The lowest BCUT2D eigenvalue weighted by atomic mass is 10.1. The first-order valence-corrected chi connectivity index (χ1v) is 10.8. The number of benzene rings is 3. The van der Waals surface area contributed by atoms with Gasteiger partial charge in [0.2, 0.25) is 0 Å². The van der Waals surface area contributed by atoms with Gasteiger partial charge in [0.1, 0.15) is 5.57 Å². The van der Waals surface area contributed by atoms with E-state index in [0.29, 0.717) is 36.8 Å². The molecule has 0 aromatic heterocycles. The van der Waals surface area contributed by atoms with Gasteiger partial charge in [-0.2, -0.15) is 0 Å². The van der Waals surface area contributed by atoms with Crippen LogP contribution < -0.4 is 20.1 Å². The average Bonchev–Trinajstić information content (AvgIpc) is 2.86. The Morgan fingerprint density at radius 2 is 1.33 bits per heavy atom. The molecule has 0 aliphatic rings. The Balaban J connectivity index is 1.88. The summed E-state index contributed by atoms with van der Waals surface area (Å²) in [5, 5.41) is 5.67. The maximum Gasteiger partial charge on any atom is 0.257 e. The van der Waals surface area contributed by atoms with Gasteiger partial charge in [0.25, 0.3) is 11.8 Å². The third-order valence-corrected chi connectivity index (χ3v) is 4.89. The summed E-state index contributed by atoms with van der Waals surface area (Å²) in [6, 6.07) is 24.4. The highest BCUT2D eigenvalue weighted by atomic mass is 16.5. The molecule has 6 nitrogen and oxygen atoms in total. The Hall–Kier alpha value is -4.06. The lowest BCUT2D eigenvalue weighted by molar-refractivity contribution is -0.123. The molecule has 2 N–H and O–H groups in total. The van der Waals surface area contributed by atoms with Gasteiger partial charge in [0.05, 0.1) is 13.7 Å². The Kier molecular flexibility index (Phi) is 8.65. The monoisotopic (exact) mass is 444 g/mol. The lowest BCUT2D eigenvalue weighted by Gasteiger charge is -2.14. The molecule has 6 heteroatoms. The number of para-hydroxylation sites is 1. The minimum absolute atomic E-state index is 0.0196. The van der Waals surface area contributed by atoms with Crippen molar-refractivity contribution in [3.05, 3.63) is 101 Å². The van der Waals surface area contributed by atoms with Crippen molar-refractivity contribution in [2.45, 2.75) is 20.0 Å². The second-order valence-corrected chi connectivity index (χ2v) is 7.21. The summed E-state index contributed by atoms with van der Waals surface area (Å²) in [5.74, 6) is 0.0487. The van der Waals surface area contributed by atoms with Gasteiger partial charge in [-0.05, 0) is 30.2 Å². The quantitative estimate of drug-likeness (QED) is 0.280. The van der Waals surface area contributed by atoms with Crippen molar-refractivity contribution in [2.75, 3.05) is 13.7 Å². The summed E-state index contributed by atoms with van der Waals surface area (Å²) in [6.07, 6.45) is 1.53. The molecule has 0 fully saturated rings. The SMILES string of the molecule is CCOc1cccc(C=C(C(=O)NCc2ccccc2)C(=O)NCc2ccccc2)c1OC. The van der Waals surface area contributed by atoms with Crippen LogP contribution >= 0.6 is 0 Å². The van der Waals surface area contributed by atoms with Gasteiger partial charge in [0.15, 0.2) is 11.5 Å². The van der Waals surface area contributed by atoms with Gasteiger partial charge in [-0.3, -0.25) is 9.59 Å².